The maximum atomic E-state index is 8.62. The first kappa shape index (κ1) is 10.6. The Morgan fingerprint density at radius 3 is 2.94 bits per heavy atom. The van der Waals surface area contributed by atoms with E-state index >= 15 is 0 Å². The van der Waals surface area contributed by atoms with Crippen molar-refractivity contribution < 1.29 is 5.21 Å². The molecule has 0 bridgehead atoms. The van der Waals surface area contributed by atoms with Crippen LogP contribution in [-0.4, -0.2) is 25.6 Å². The van der Waals surface area contributed by atoms with Crippen molar-refractivity contribution in [1.82, 2.24) is 14.5 Å². The molecule has 0 radical (unpaired) electrons. The van der Waals surface area contributed by atoms with E-state index in [1.54, 1.807) is 29.2 Å². The summed E-state index contributed by atoms with van der Waals surface area (Å²) in [5.74, 6) is 0.894. The number of hydrogen-bond acceptors (Lipinski definition) is 4. The van der Waals surface area contributed by atoms with E-state index in [-0.39, 0.29) is 5.84 Å². The van der Waals surface area contributed by atoms with Crippen LogP contribution in [0, 0.1) is 0 Å². The summed E-state index contributed by atoms with van der Waals surface area (Å²) in [4.78, 5) is 8.17. The second-order valence-corrected chi connectivity index (χ2v) is 3.77. The van der Waals surface area contributed by atoms with Gasteiger partial charge in [0.05, 0.1) is 4.47 Å². The Kier molecular flexibility index (Phi) is 2.86. The lowest BCUT2D eigenvalue weighted by Crippen LogP contribution is -2.19. The molecule has 82 valence electrons. The van der Waals surface area contributed by atoms with Crippen LogP contribution < -0.4 is 5.73 Å². The van der Waals surface area contributed by atoms with Crippen LogP contribution in [0.4, 0.5) is 0 Å². The highest BCUT2D eigenvalue weighted by Crippen LogP contribution is 2.18. The monoisotopic (exact) mass is 281 g/mol. The molecule has 0 aromatic carbocycles. The fraction of sp³-hybridized carbons (Fsp3) is 0. The van der Waals surface area contributed by atoms with Crippen LogP contribution in [0.5, 0.6) is 0 Å². The molecule has 3 N–H and O–H groups in total. The molecule has 0 aliphatic carbocycles. The van der Waals surface area contributed by atoms with Crippen molar-refractivity contribution in [2.24, 2.45) is 10.9 Å². The zero-order valence-corrected chi connectivity index (χ0v) is 9.66. The molecule has 0 amide bonds. The number of hydrogen-bond donors (Lipinski definition) is 2. The van der Waals surface area contributed by atoms with Gasteiger partial charge in [0.2, 0.25) is 5.84 Å². The molecule has 0 saturated carbocycles. The molecule has 0 aliphatic heterocycles. The van der Waals surface area contributed by atoms with Gasteiger partial charge in [-0.05, 0) is 28.1 Å². The number of rotatable bonds is 2. The minimum Gasteiger partial charge on any atom is -0.409 e. The van der Waals surface area contributed by atoms with Crippen molar-refractivity contribution in [2.75, 3.05) is 0 Å². The van der Waals surface area contributed by atoms with Crippen LogP contribution in [0.1, 0.15) is 5.82 Å². The molecule has 2 aromatic rings. The molecule has 0 atom stereocenters. The summed E-state index contributed by atoms with van der Waals surface area (Å²) in [6.45, 7) is 0. The summed E-state index contributed by atoms with van der Waals surface area (Å²) < 4.78 is 2.42. The second-order valence-electron chi connectivity index (χ2n) is 2.91. The molecule has 16 heavy (non-hydrogen) atoms. The third-order valence-electron chi connectivity index (χ3n) is 1.94. The normalized spacial score (nSPS) is 11.7. The van der Waals surface area contributed by atoms with E-state index in [1.807, 2.05) is 6.07 Å². The summed E-state index contributed by atoms with van der Waals surface area (Å²) in [7, 11) is 0. The van der Waals surface area contributed by atoms with Gasteiger partial charge in [-0.2, -0.15) is 0 Å². The smallest absolute Gasteiger partial charge is 0.206 e. The van der Waals surface area contributed by atoms with Crippen LogP contribution in [-0.2, 0) is 0 Å². The minimum absolute atomic E-state index is 0.0671. The van der Waals surface area contributed by atoms with Crippen molar-refractivity contribution in [3.05, 3.63) is 41.0 Å². The van der Waals surface area contributed by atoms with E-state index in [0.717, 1.165) is 4.47 Å². The average Bonchev–Trinajstić information content (AvgIpc) is 2.77. The molecule has 0 spiro atoms. The Labute approximate surface area is 99.6 Å². The van der Waals surface area contributed by atoms with Gasteiger partial charge in [0.25, 0.3) is 0 Å². The number of amidine groups is 1. The number of pyridine rings is 1. The average molecular weight is 282 g/mol. The number of nitrogens with two attached hydrogens (primary N) is 1. The molecule has 0 aliphatic rings. The predicted molar refractivity (Wildman–Crippen MR) is 61.6 cm³/mol. The molecular formula is C9H8BrN5O. The van der Waals surface area contributed by atoms with E-state index in [0.29, 0.717) is 11.6 Å². The van der Waals surface area contributed by atoms with Gasteiger partial charge in [0.1, 0.15) is 0 Å². The summed E-state index contributed by atoms with van der Waals surface area (Å²) in [6.07, 6.45) is 4.88. The molecule has 6 nitrogen and oxygen atoms in total. The van der Waals surface area contributed by atoms with Crippen LogP contribution in [0.25, 0.3) is 5.82 Å². The van der Waals surface area contributed by atoms with Crippen molar-refractivity contribution in [2.45, 2.75) is 0 Å². The molecule has 0 saturated heterocycles. The highest BCUT2D eigenvalue weighted by molar-refractivity contribution is 9.10. The van der Waals surface area contributed by atoms with Gasteiger partial charge in [-0.1, -0.05) is 5.16 Å². The molecule has 7 heteroatoms. The summed E-state index contributed by atoms with van der Waals surface area (Å²) in [5.41, 5.74) is 5.50. The van der Waals surface area contributed by atoms with Crippen LogP contribution in [0.3, 0.4) is 0 Å². The third-order valence-corrected chi connectivity index (χ3v) is 2.56. The van der Waals surface area contributed by atoms with Gasteiger partial charge in [-0.15, -0.1) is 0 Å². The lowest BCUT2D eigenvalue weighted by Gasteiger charge is -2.06. The molecule has 2 heterocycles. The van der Waals surface area contributed by atoms with Crippen LogP contribution >= 0.6 is 15.9 Å². The van der Waals surface area contributed by atoms with Gasteiger partial charge < -0.3 is 10.9 Å². The van der Waals surface area contributed by atoms with Gasteiger partial charge in [-0.25, -0.2) is 9.97 Å². The Bertz CT molecular complexity index is 536. The zero-order chi connectivity index (χ0) is 11.5. The fourth-order valence-corrected chi connectivity index (χ4v) is 1.71. The maximum Gasteiger partial charge on any atom is 0.206 e. The molecular weight excluding hydrogens is 274 g/mol. The number of aromatic nitrogens is 3. The van der Waals surface area contributed by atoms with E-state index < -0.39 is 0 Å². The fourth-order valence-electron chi connectivity index (χ4n) is 1.26. The standard InChI is InChI=1S/C9H8BrN5O/c10-6-2-1-3-12-8(6)15-5-4-13-9(15)7(11)14-16/h1-5,16H,(H2,11,14). The van der Waals surface area contributed by atoms with Crippen molar-refractivity contribution >= 4 is 21.8 Å². The van der Waals surface area contributed by atoms with Crippen LogP contribution in [0.15, 0.2) is 40.4 Å². The zero-order valence-electron chi connectivity index (χ0n) is 8.08. The highest BCUT2D eigenvalue weighted by Gasteiger charge is 2.12. The maximum absolute atomic E-state index is 8.62. The van der Waals surface area contributed by atoms with E-state index in [1.165, 1.54) is 0 Å². The van der Waals surface area contributed by atoms with Gasteiger partial charge in [0, 0.05) is 18.6 Å². The Balaban J connectivity index is 2.58. The third kappa shape index (κ3) is 1.76. The summed E-state index contributed by atoms with van der Waals surface area (Å²) in [6, 6.07) is 3.64. The highest BCUT2D eigenvalue weighted by atomic mass is 79.9. The molecule has 2 rings (SSSR count). The number of nitrogens with zero attached hydrogens (tertiary/aromatic N) is 4. The lowest BCUT2D eigenvalue weighted by atomic mass is 10.4. The van der Waals surface area contributed by atoms with Crippen molar-refractivity contribution in [3.63, 3.8) is 0 Å². The summed E-state index contributed by atoms with van der Waals surface area (Å²) >= 11 is 3.37. The SMILES string of the molecule is NC(=NO)c1nccn1-c1ncccc1Br. The van der Waals surface area contributed by atoms with Gasteiger partial charge in [0.15, 0.2) is 11.6 Å². The van der Waals surface area contributed by atoms with E-state index in [9.17, 15) is 0 Å². The molecule has 0 unspecified atom stereocenters. The minimum atomic E-state index is -0.0671. The van der Waals surface area contributed by atoms with E-state index in [4.69, 9.17) is 10.9 Å². The first-order valence-corrected chi connectivity index (χ1v) is 5.15. The summed E-state index contributed by atoms with van der Waals surface area (Å²) in [5, 5.41) is 11.5. The topological polar surface area (TPSA) is 89.3 Å². The largest absolute Gasteiger partial charge is 0.409 e. The van der Waals surface area contributed by atoms with Crippen LogP contribution in [0.2, 0.25) is 0 Å². The second kappa shape index (κ2) is 4.31. The van der Waals surface area contributed by atoms with Gasteiger partial charge >= 0.3 is 0 Å². The number of oxime groups is 1. The molecule has 0 fully saturated rings. The van der Waals surface area contributed by atoms with Gasteiger partial charge in [-0.3, -0.25) is 4.57 Å². The van der Waals surface area contributed by atoms with Crippen molar-refractivity contribution in [3.8, 4) is 5.82 Å². The quantitative estimate of drug-likeness (QED) is 0.374. The predicted octanol–water partition coefficient (Wildman–Crippen LogP) is 1.12. The van der Waals surface area contributed by atoms with Crippen molar-refractivity contribution in [1.29, 1.82) is 0 Å². The number of imidazole rings is 1. The first-order chi connectivity index (χ1) is 7.74. The Morgan fingerprint density at radius 1 is 1.44 bits per heavy atom. The number of halogens is 1. The van der Waals surface area contributed by atoms with E-state index in [2.05, 4.69) is 31.1 Å². The first-order valence-electron chi connectivity index (χ1n) is 4.36. The lowest BCUT2D eigenvalue weighted by molar-refractivity contribution is 0.318. The Hall–Kier alpha value is -1.89. The molecule has 2 aromatic heterocycles. The Morgan fingerprint density at radius 2 is 2.25 bits per heavy atom.